The second-order valence-corrected chi connectivity index (χ2v) is 4.72. The molecule has 0 spiro atoms. The van der Waals surface area contributed by atoms with Crippen LogP contribution < -0.4 is 10.4 Å². The average Bonchev–Trinajstić information content (AvgIpc) is 2.45. The lowest BCUT2D eigenvalue weighted by Crippen LogP contribution is -1.99. The van der Waals surface area contributed by atoms with Crippen molar-refractivity contribution >= 4 is 22.6 Å². The van der Waals surface area contributed by atoms with Gasteiger partial charge in [0.05, 0.1) is 10.4 Å². The van der Waals surface area contributed by atoms with E-state index in [1.807, 2.05) is 30.3 Å². The fourth-order valence-electron chi connectivity index (χ4n) is 2.00. The molecule has 0 aliphatic carbocycles. The summed E-state index contributed by atoms with van der Waals surface area (Å²) in [5.74, 6) is 0.597. The maximum Gasteiger partial charge on any atom is 0.337 e. The summed E-state index contributed by atoms with van der Waals surface area (Å²) in [6, 6.07) is 16.3. The molecule has 3 rings (SSSR count). The van der Waals surface area contributed by atoms with Gasteiger partial charge in [-0.15, -0.1) is 0 Å². The van der Waals surface area contributed by atoms with Gasteiger partial charge in [0.2, 0.25) is 0 Å². The van der Waals surface area contributed by atoms with Crippen LogP contribution in [0.25, 0.3) is 11.0 Å². The first-order chi connectivity index (χ1) is 9.74. The Kier molecular flexibility index (Phi) is 3.44. The molecule has 2 aromatic carbocycles. The minimum Gasteiger partial charge on any atom is -0.488 e. The number of hydrogen-bond acceptors (Lipinski definition) is 3. The van der Waals surface area contributed by atoms with Gasteiger partial charge in [0.15, 0.2) is 0 Å². The predicted molar refractivity (Wildman–Crippen MR) is 78.3 cm³/mol. The van der Waals surface area contributed by atoms with E-state index in [-0.39, 0.29) is 0 Å². The van der Waals surface area contributed by atoms with Gasteiger partial charge in [-0.3, -0.25) is 0 Å². The Morgan fingerprint density at radius 2 is 1.85 bits per heavy atom. The molecule has 4 heteroatoms. The van der Waals surface area contributed by atoms with Crippen molar-refractivity contribution < 1.29 is 9.15 Å². The molecule has 100 valence electrons. The van der Waals surface area contributed by atoms with Gasteiger partial charge in [-0.25, -0.2) is 4.79 Å². The molecule has 3 nitrogen and oxygen atoms in total. The van der Waals surface area contributed by atoms with Crippen molar-refractivity contribution in [1.82, 2.24) is 0 Å². The van der Waals surface area contributed by atoms with E-state index in [0.717, 1.165) is 5.56 Å². The highest BCUT2D eigenvalue weighted by Crippen LogP contribution is 2.31. The van der Waals surface area contributed by atoms with Crippen molar-refractivity contribution in [3.8, 4) is 5.75 Å². The summed E-state index contributed by atoms with van der Waals surface area (Å²) < 4.78 is 10.9. The van der Waals surface area contributed by atoms with Gasteiger partial charge in [0.1, 0.15) is 17.9 Å². The molecule has 0 atom stereocenters. The van der Waals surface area contributed by atoms with E-state index in [1.165, 1.54) is 6.07 Å². The van der Waals surface area contributed by atoms with E-state index in [1.54, 1.807) is 18.2 Å². The highest BCUT2D eigenvalue weighted by Gasteiger charge is 2.09. The molecule has 20 heavy (non-hydrogen) atoms. The van der Waals surface area contributed by atoms with Gasteiger partial charge in [-0.2, -0.15) is 0 Å². The molecule has 0 fully saturated rings. The molecular formula is C16H11ClO3. The first kappa shape index (κ1) is 12.8. The van der Waals surface area contributed by atoms with Gasteiger partial charge in [0.25, 0.3) is 0 Å². The first-order valence-corrected chi connectivity index (χ1v) is 6.51. The number of fused-ring (bicyclic) bond motifs is 1. The number of benzene rings is 2. The molecule has 0 N–H and O–H groups in total. The van der Waals surface area contributed by atoms with Crippen LogP contribution in [-0.2, 0) is 6.61 Å². The van der Waals surface area contributed by atoms with Gasteiger partial charge in [-0.1, -0.05) is 48.0 Å². The van der Waals surface area contributed by atoms with Crippen LogP contribution >= 0.6 is 11.6 Å². The molecule has 1 heterocycles. The Morgan fingerprint density at radius 1 is 1.05 bits per heavy atom. The summed E-state index contributed by atoms with van der Waals surface area (Å²) in [6.45, 7) is 0.426. The van der Waals surface area contributed by atoms with Crippen LogP contribution in [0.2, 0.25) is 5.02 Å². The Balaban J connectivity index is 1.98. The van der Waals surface area contributed by atoms with Crippen LogP contribution in [0.15, 0.2) is 63.8 Å². The second-order valence-electron chi connectivity index (χ2n) is 4.32. The predicted octanol–water partition coefficient (Wildman–Crippen LogP) is 4.03. The SMILES string of the molecule is O=c1cc(Cl)c2c(OCc3ccccc3)cccc2o1. The van der Waals surface area contributed by atoms with E-state index in [9.17, 15) is 4.79 Å². The van der Waals surface area contributed by atoms with Crippen molar-refractivity contribution in [3.05, 3.63) is 75.6 Å². The zero-order valence-corrected chi connectivity index (χ0v) is 11.3. The highest BCUT2D eigenvalue weighted by atomic mass is 35.5. The summed E-state index contributed by atoms with van der Waals surface area (Å²) in [5.41, 5.74) is 1.01. The van der Waals surface area contributed by atoms with E-state index < -0.39 is 5.63 Å². The third-order valence-electron chi connectivity index (χ3n) is 2.92. The molecule has 0 amide bonds. The third-order valence-corrected chi connectivity index (χ3v) is 3.22. The zero-order valence-electron chi connectivity index (χ0n) is 10.5. The van der Waals surface area contributed by atoms with Gasteiger partial charge in [0, 0.05) is 6.07 Å². The van der Waals surface area contributed by atoms with E-state index in [4.69, 9.17) is 20.8 Å². The molecule has 3 aromatic rings. The number of rotatable bonds is 3. The van der Waals surface area contributed by atoms with Crippen molar-refractivity contribution in [3.63, 3.8) is 0 Å². The molecule has 0 radical (unpaired) electrons. The lowest BCUT2D eigenvalue weighted by atomic mass is 10.2. The Morgan fingerprint density at radius 3 is 2.65 bits per heavy atom. The maximum atomic E-state index is 11.3. The van der Waals surface area contributed by atoms with Crippen LogP contribution in [0.3, 0.4) is 0 Å². The van der Waals surface area contributed by atoms with Crippen molar-refractivity contribution in [2.24, 2.45) is 0 Å². The molecule has 0 aliphatic rings. The van der Waals surface area contributed by atoms with Gasteiger partial charge >= 0.3 is 5.63 Å². The Bertz CT molecular complexity index is 794. The summed E-state index contributed by atoms with van der Waals surface area (Å²) in [7, 11) is 0. The van der Waals surface area contributed by atoms with Crippen molar-refractivity contribution in [1.29, 1.82) is 0 Å². The molecule has 0 bridgehead atoms. The lowest BCUT2D eigenvalue weighted by Gasteiger charge is -2.09. The normalized spacial score (nSPS) is 10.7. The standard InChI is InChI=1S/C16H11ClO3/c17-12-9-15(18)20-14-8-4-7-13(16(12)14)19-10-11-5-2-1-3-6-11/h1-9H,10H2. The zero-order chi connectivity index (χ0) is 13.9. The maximum absolute atomic E-state index is 11.3. The third kappa shape index (κ3) is 2.53. The van der Waals surface area contributed by atoms with E-state index >= 15 is 0 Å². The summed E-state index contributed by atoms with van der Waals surface area (Å²) in [5, 5.41) is 0.949. The lowest BCUT2D eigenvalue weighted by molar-refractivity contribution is 0.309. The summed E-state index contributed by atoms with van der Waals surface area (Å²) in [6.07, 6.45) is 0. The molecule has 1 aromatic heterocycles. The average molecular weight is 287 g/mol. The monoisotopic (exact) mass is 286 g/mol. The number of ether oxygens (including phenoxy) is 1. The van der Waals surface area contributed by atoms with Crippen LogP contribution in [0.1, 0.15) is 5.56 Å². The number of hydrogen-bond donors (Lipinski definition) is 0. The minimum atomic E-state index is -0.470. The van der Waals surface area contributed by atoms with E-state index in [2.05, 4.69) is 0 Å². The Hall–Kier alpha value is -2.26. The quantitative estimate of drug-likeness (QED) is 0.683. The van der Waals surface area contributed by atoms with Crippen molar-refractivity contribution in [2.75, 3.05) is 0 Å². The molecule has 0 saturated carbocycles. The highest BCUT2D eigenvalue weighted by molar-refractivity contribution is 6.35. The topological polar surface area (TPSA) is 39.4 Å². The fraction of sp³-hybridized carbons (Fsp3) is 0.0625. The molecular weight excluding hydrogens is 276 g/mol. The molecule has 0 aliphatic heterocycles. The first-order valence-electron chi connectivity index (χ1n) is 6.13. The molecule has 0 unspecified atom stereocenters. The van der Waals surface area contributed by atoms with Crippen LogP contribution in [-0.4, -0.2) is 0 Å². The smallest absolute Gasteiger partial charge is 0.337 e. The van der Waals surface area contributed by atoms with Gasteiger partial charge < -0.3 is 9.15 Å². The fourth-order valence-corrected chi connectivity index (χ4v) is 2.28. The largest absolute Gasteiger partial charge is 0.488 e. The van der Waals surface area contributed by atoms with Crippen molar-refractivity contribution in [2.45, 2.75) is 6.61 Å². The second kappa shape index (κ2) is 5.39. The Labute approximate surface area is 120 Å². The summed E-state index contributed by atoms with van der Waals surface area (Å²) in [4.78, 5) is 11.3. The summed E-state index contributed by atoms with van der Waals surface area (Å²) >= 11 is 6.11. The minimum absolute atomic E-state index is 0.333. The van der Waals surface area contributed by atoms with Crippen LogP contribution in [0, 0.1) is 0 Å². The van der Waals surface area contributed by atoms with Crippen LogP contribution in [0.4, 0.5) is 0 Å². The van der Waals surface area contributed by atoms with E-state index in [0.29, 0.717) is 28.3 Å². The van der Waals surface area contributed by atoms with Gasteiger partial charge in [-0.05, 0) is 17.7 Å². The van der Waals surface area contributed by atoms with Crippen LogP contribution in [0.5, 0.6) is 5.75 Å². The molecule has 0 saturated heterocycles. The number of halogens is 1.